The fourth-order valence-electron chi connectivity index (χ4n) is 5.70. The van der Waals surface area contributed by atoms with Crippen molar-refractivity contribution in [1.29, 1.82) is 0 Å². The smallest absolute Gasteiger partial charge is 0.169 e. The second-order valence-electron chi connectivity index (χ2n) is 10.1. The van der Waals surface area contributed by atoms with Crippen LogP contribution in [0.4, 0.5) is 0 Å². The average molecular weight is 579 g/mol. The van der Waals surface area contributed by atoms with Crippen molar-refractivity contribution in [1.82, 2.24) is 39.9 Å². The summed E-state index contributed by atoms with van der Waals surface area (Å²) >= 11 is 0. The van der Waals surface area contributed by atoms with Gasteiger partial charge < -0.3 is 20.2 Å². The van der Waals surface area contributed by atoms with Crippen molar-refractivity contribution in [3.8, 4) is 57.1 Å². The molecule has 7 aromatic rings. The van der Waals surface area contributed by atoms with Gasteiger partial charge >= 0.3 is 0 Å². The van der Waals surface area contributed by atoms with Crippen LogP contribution < -0.4 is 0 Å². The molecule has 0 saturated carbocycles. The van der Waals surface area contributed by atoms with Crippen molar-refractivity contribution in [3.05, 3.63) is 84.9 Å². The Morgan fingerprint density at radius 3 is 1.30 bits per heavy atom. The van der Waals surface area contributed by atoms with Crippen LogP contribution >= 0.6 is 0 Å². The Labute approximate surface area is 246 Å². The third-order valence-electron chi connectivity index (χ3n) is 7.67. The number of benzene rings is 4. The topological polar surface area (TPSA) is 149 Å². The van der Waals surface area contributed by atoms with E-state index in [-0.39, 0.29) is 22.5 Å². The molecule has 4 N–H and O–H groups in total. The lowest BCUT2D eigenvalue weighted by molar-refractivity contribution is 0.408. The number of nitrogens with one attached hydrogen (secondary N) is 2. The first-order valence-electron chi connectivity index (χ1n) is 13.3. The number of hydrogen-bond donors (Lipinski definition) is 4. The van der Waals surface area contributed by atoms with Gasteiger partial charge in [-0.25, -0.2) is 29.9 Å². The molecule has 0 spiro atoms. The minimum Gasteiger partial charge on any atom is -0.504 e. The number of aromatic hydroxyl groups is 2. The number of hydrogen-bond acceptors (Lipinski definition) is 8. The summed E-state index contributed by atoms with van der Waals surface area (Å²) in [4.78, 5) is 36.0. The molecule has 4 aromatic carbocycles. The molecule has 11 heteroatoms. The Kier molecular flexibility index (Phi) is 5.21. The fraction of sp³-hybridized carbons (Fsp3) is 0. The summed E-state index contributed by atoms with van der Waals surface area (Å²) in [6.07, 6.45) is 0. The molecule has 2 aliphatic heterocycles. The zero-order valence-corrected chi connectivity index (χ0v) is 21.7. The van der Waals surface area contributed by atoms with Crippen molar-refractivity contribution in [2.75, 3.05) is 0 Å². The number of phenolic OH excluding ortho intramolecular Hbond substituents is 2. The van der Waals surface area contributed by atoms with Gasteiger partial charge in [-0.15, -0.1) is 0 Å². The Balaban J connectivity index is 0.00000278. The van der Waals surface area contributed by atoms with Gasteiger partial charge in [0.1, 0.15) is 22.6 Å². The summed E-state index contributed by atoms with van der Waals surface area (Å²) in [5, 5.41) is 24.0. The molecule has 0 atom stereocenters. The van der Waals surface area contributed by atoms with Crippen LogP contribution in [0.5, 0.6) is 11.5 Å². The monoisotopic (exact) mass is 578 g/mol. The van der Waals surface area contributed by atoms with Crippen LogP contribution in [-0.2, 0) is 0 Å². The summed E-state index contributed by atoms with van der Waals surface area (Å²) in [6.45, 7) is 0. The van der Waals surface area contributed by atoms with E-state index in [1.165, 1.54) is 6.07 Å². The molecule has 0 saturated heterocycles. The number of nitrogens with zero attached hydrogens (tertiary/aromatic N) is 6. The quantitative estimate of drug-likeness (QED) is 0.148. The molecule has 0 radical (unpaired) electrons. The van der Waals surface area contributed by atoms with Crippen LogP contribution in [0.2, 0.25) is 0 Å². The van der Waals surface area contributed by atoms with E-state index < -0.39 is 0 Å². The van der Waals surface area contributed by atoms with E-state index in [9.17, 15) is 10.2 Å². The summed E-state index contributed by atoms with van der Waals surface area (Å²) in [6, 6.07) is 26.5. The Morgan fingerprint density at radius 2 is 0.814 bits per heavy atom. The predicted molar refractivity (Wildman–Crippen MR) is 171 cm³/mol. The third kappa shape index (κ3) is 3.58. The van der Waals surface area contributed by atoms with Crippen molar-refractivity contribution < 1.29 is 10.2 Å². The molecule has 10 nitrogen and oxygen atoms in total. The molecule has 5 heterocycles. The molecule has 43 heavy (non-hydrogen) atoms. The van der Waals surface area contributed by atoms with Crippen LogP contribution in [-0.4, -0.2) is 61.1 Å². The van der Waals surface area contributed by atoms with Crippen LogP contribution in [0.15, 0.2) is 84.9 Å². The average Bonchev–Trinajstić information content (AvgIpc) is 3.74. The number of phenols is 2. The minimum absolute atomic E-state index is 0. The Morgan fingerprint density at radius 1 is 0.419 bits per heavy atom. The van der Waals surface area contributed by atoms with Crippen molar-refractivity contribution >= 4 is 55.1 Å². The number of aromatic nitrogens is 8. The van der Waals surface area contributed by atoms with Gasteiger partial charge in [-0.3, -0.25) is 0 Å². The molecule has 9 rings (SSSR count). The highest BCUT2D eigenvalue weighted by molar-refractivity contribution is 6.09. The highest BCUT2D eigenvalue weighted by atomic mass is 28.1. The van der Waals surface area contributed by atoms with E-state index in [0.717, 1.165) is 33.0 Å². The van der Waals surface area contributed by atoms with E-state index in [1.807, 2.05) is 72.8 Å². The van der Waals surface area contributed by atoms with Crippen molar-refractivity contribution in [2.45, 2.75) is 0 Å². The van der Waals surface area contributed by atoms with Crippen LogP contribution in [0.1, 0.15) is 0 Å². The standard InChI is InChI=1S/C32H18N8O2.H4Si/c41-22-14-13-21-23(24(22)42)32-39-30-20-12-6-5-11-19(20)28(37-30)35-26-16-8-2-1-7-15(16)25(33-26)34-27-17-9-3-4-10-18(17)29(36-27)38-31(21)40-32;/h1-14,41-42H,(H2,33,34,35,36,37,38,39,40);1H4. The zero-order valence-electron chi connectivity index (χ0n) is 21.7. The van der Waals surface area contributed by atoms with Gasteiger partial charge in [0.15, 0.2) is 34.8 Å². The van der Waals surface area contributed by atoms with E-state index in [4.69, 9.17) is 29.9 Å². The molecule has 0 fully saturated rings. The molecular formula is C32H22N8O2Si. The minimum atomic E-state index is -0.302. The third-order valence-corrected chi connectivity index (χ3v) is 7.67. The summed E-state index contributed by atoms with van der Waals surface area (Å²) < 4.78 is 0. The summed E-state index contributed by atoms with van der Waals surface area (Å²) in [5.74, 6) is 1.30. The van der Waals surface area contributed by atoms with Gasteiger partial charge in [-0.2, -0.15) is 0 Å². The largest absolute Gasteiger partial charge is 0.504 e. The highest BCUT2D eigenvalue weighted by Gasteiger charge is 2.22. The lowest BCUT2D eigenvalue weighted by Crippen LogP contribution is -1.83. The molecule has 206 valence electrons. The predicted octanol–water partition coefficient (Wildman–Crippen LogP) is 4.83. The lowest BCUT2D eigenvalue weighted by Gasteiger charge is -1.99. The van der Waals surface area contributed by atoms with E-state index in [0.29, 0.717) is 56.7 Å². The maximum atomic E-state index is 10.9. The molecule has 8 bridgehead atoms. The first-order chi connectivity index (χ1) is 20.6. The second-order valence-corrected chi connectivity index (χ2v) is 10.1. The number of fused-ring (bicyclic) bond motifs is 20. The van der Waals surface area contributed by atoms with E-state index in [2.05, 4.69) is 9.97 Å². The molecule has 0 amide bonds. The van der Waals surface area contributed by atoms with Crippen molar-refractivity contribution in [3.63, 3.8) is 0 Å². The van der Waals surface area contributed by atoms with Gasteiger partial charge in [0, 0.05) is 38.4 Å². The van der Waals surface area contributed by atoms with Crippen LogP contribution in [0.25, 0.3) is 89.7 Å². The first kappa shape index (κ1) is 24.8. The van der Waals surface area contributed by atoms with Crippen LogP contribution in [0, 0.1) is 0 Å². The maximum Gasteiger partial charge on any atom is 0.169 e. The fourth-order valence-corrected chi connectivity index (χ4v) is 5.70. The molecular weight excluding hydrogens is 556 g/mol. The van der Waals surface area contributed by atoms with Crippen LogP contribution in [0.3, 0.4) is 0 Å². The normalized spacial score (nSPS) is 11.7. The molecule has 3 aromatic heterocycles. The number of rotatable bonds is 0. The second kappa shape index (κ2) is 9.03. The van der Waals surface area contributed by atoms with Gasteiger partial charge in [0.25, 0.3) is 0 Å². The van der Waals surface area contributed by atoms with E-state index in [1.54, 1.807) is 6.07 Å². The summed E-state index contributed by atoms with van der Waals surface area (Å²) in [7, 11) is 0. The SMILES string of the molecule is Oc1ccc2c3nc4nc(nc5[nH]c(nc6nc(nc([nH]3)c2c1O)-c1ccccc1-6)c1ccccc51)-c1ccccc1-4.[SiH4]. The molecule has 0 aliphatic carbocycles. The number of H-pyrrole nitrogens is 2. The van der Waals surface area contributed by atoms with Gasteiger partial charge in [-0.05, 0) is 23.1 Å². The van der Waals surface area contributed by atoms with Gasteiger partial charge in [0.2, 0.25) is 0 Å². The number of aromatic amines is 2. The molecule has 0 unspecified atom stereocenters. The zero-order chi connectivity index (χ0) is 27.9. The molecule has 2 aliphatic rings. The van der Waals surface area contributed by atoms with Crippen molar-refractivity contribution in [2.24, 2.45) is 0 Å². The first-order valence-corrected chi connectivity index (χ1v) is 13.3. The Hall–Kier alpha value is -5.94. The van der Waals surface area contributed by atoms with E-state index >= 15 is 0 Å². The highest BCUT2D eigenvalue weighted by Crippen LogP contribution is 2.40. The van der Waals surface area contributed by atoms with Gasteiger partial charge in [-0.1, -0.05) is 72.8 Å². The maximum absolute atomic E-state index is 10.9. The van der Waals surface area contributed by atoms with Gasteiger partial charge in [0.05, 0.1) is 5.39 Å². The summed E-state index contributed by atoms with van der Waals surface area (Å²) in [5.41, 5.74) is 5.23. The lowest BCUT2D eigenvalue weighted by atomic mass is 10.1. The Bertz CT molecular complexity index is 2460.